The average Bonchev–Trinajstić information content (AvgIpc) is 2.88. The maximum absolute atomic E-state index is 13.2. The smallest absolute Gasteiger partial charge is 0.339 e. The molecule has 0 saturated carbocycles. The lowest BCUT2D eigenvalue weighted by atomic mass is 10.0. The highest BCUT2D eigenvalue weighted by Crippen LogP contribution is 2.24. The van der Waals surface area contributed by atoms with E-state index in [9.17, 15) is 18.4 Å². The van der Waals surface area contributed by atoms with Crippen molar-refractivity contribution in [3.05, 3.63) is 70.9 Å². The van der Waals surface area contributed by atoms with Gasteiger partial charge in [-0.05, 0) is 32.0 Å². The van der Waals surface area contributed by atoms with Crippen molar-refractivity contribution >= 4 is 22.7 Å². The SMILES string of the molecule is Cc1[nH]c2ccccc2c1C(=O)[C@@H](C)OC(=O)c1cc(F)cc(F)c1. The third kappa shape index (κ3) is 3.28. The molecule has 4 nitrogen and oxygen atoms in total. The fourth-order valence-corrected chi connectivity index (χ4v) is 2.75. The minimum atomic E-state index is -1.10. The Hall–Kier alpha value is -3.02. The van der Waals surface area contributed by atoms with Gasteiger partial charge in [0.25, 0.3) is 0 Å². The second-order valence-electron chi connectivity index (χ2n) is 5.74. The number of carbonyl (C=O) groups excluding carboxylic acids is 2. The van der Waals surface area contributed by atoms with Crippen LogP contribution in [0.25, 0.3) is 10.9 Å². The second kappa shape index (κ2) is 6.47. The molecule has 3 rings (SSSR count). The molecule has 0 radical (unpaired) electrons. The zero-order chi connectivity index (χ0) is 18.1. The van der Waals surface area contributed by atoms with E-state index in [2.05, 4.69) is 4.98 Å². The Morgan fingerprint density at radius 3 is 2.40 bits per heavy atom. The molecule has 6 heteroatoms. The maximum Gasteiger partial charge on any atom is 0.339 e. The van der Waals surface area contributed by atoms with Crippen LogP contribution in [0.5, 0.6) is 0 Å². The number of carbonyl (C=O) groups is 2. The zero-order valence-electron chi connectivity index (χ0n) is 13.6. The molecule has 2 aromatic carbocycles. The number of fused-ring (bicyclic) bond motifs is 1. The van der Waals surface area contributed by atoms with Gasteiger partial charge < -0.3 is 9.72 Å². The van der Waals surface area contributed by atoms with Gasteiger partial charge in [0.05, 0.1) is 5.56 Å². The van der Waals surface area contributed by atoms with Gasteiger partial charge in [-0.15, -0.1) is 0 Å². The van der Waals surface area contributed by atoms with Gasteiger partial charge in [-0.25, -0.2) is 13.6 Å². The molecule has 0 aliphatic heterocycles. The highest BCUT2D eigenvalue weighted by atomic mass is 19.1. The van der Waals surface area contributed by atoms with E-state index < -0.39 is 23.7 Å². The Kier molecular flexibility index (Phi) is 4.35. The zero-order valence-corrected chi connectivity index (χ0v) is 13.6. The summed E-state index contributed by atoms with van der Waals surface area (Å²) >= 11 is 0. The first-order chi connectivity index (χ1) is 11.9. The molecule has 3 aromatic rings. The number of Topliss-reactive ketones (excluding diaryl/α,β-unsaturated/α-hetero) is 1. The van der Waals surface area contributed by atoms with Crippen LogP contribution in [0.15, 0.2) is 42.5 Å². The molecule has 0 saturated heterocycles. The monoisotopic (exact) mass is 343 g/mol. The van der Waals surface area contributed by atoms with Gasteiger partial charge in [0.1, 0.15) is 11.6 Å². The number of aromatic amines is 1. The number of H-pyrrole nitrogens is 1. The van der Waals surface area contributed by atoms with Crippen LogP contribution in [-0.2, 0) is 4.74 Å². The molecular formula is C19H15F2NO3. The number of benzene rings is 2. The van der Waals surface area contributed by atoms with Crippen molar-refractivity contribution in [1.82, 2.24) is 4.98 Å². The number of para-hydroxylation sites is 1. The lowest BCUT2D eigenvalue weighted by molar-refractivity contribution is 0.0318. The summed E-state index contributed by atoms with van der Waals surface area (Å²) < 4.78 is 31.5. The number of nitrogens with one attached hydrogen (secondary N) is 1. The van der Waals surface area contributed by atoms with Gasteiger partial charge in [0, 0.05) is 28.2 Å². The van der Waals surface area contributed by atoms with Crippen molar-refractivity contribution in [3.63, 3.8) is 0 Å². The molecule has 1 heterocycles. The molecule has 1 atom stereocenters. The van der Waals surface area contributed by atoms with Crippen molar-refractivity contribution < 1.29 is 23.1 Å². The molecule has 25 heavy (non-hydrogen) atoms. The molecule has 128 valence electrons. The van der Waals surface area contributed by atoms with Gasteiger partial charge in [-0.2, -0.15) is 0 Å². The summed E-state index contributed by atoms with van der Waals surface area (Å²) in [5.74, 6) is -3.13. The normalized spacial score (nSPS) is 12.2. The topological polar surface area (TPSA) is 59.2 Å². The summed E-state index contributed by atoms with van der Waals surface area (Å²) in [4.78, 5) is 27.9. The predicted molar refractivity (Wildman–Crippen MR) is 88.6 cm³/mol. The number of hydrogen-bond donors (Lipinski definition) is 1. The van der Waals surface area contributed by atoms with Crippen LogP contribution in [0.2, 0.25) is 0 Å². The fourth-order valence-electron chi connectivity index (χ4n) is 2.75. The molecular weight excluding hydrogens is 328 g/mol. The van der Waals surface area contributed by atoms with Gasteiger partial charge in [-0.1, -0.05) is 18.2 Å². The molecule has 1 N–H and O–H groups in total. The van der Waals surface area contributed by atoms with Gasteiger partial charge in [0.15, 0.2) is 6.10 Å². The summed E-state index contributed by atoms with van der Waals surface area (Å²) in [6.07, 6.45) is -1.10. The Morgan fingerprint density at radius 2 is 1.72 bits per heavy atom. The highest BCUT2D eigenvalue weighted by Gasteiger charge is 2.25. The lowest BCUT2D eigenvalue weighted by Gasteiger charge is -2.13. The number of aromatic nitrogens is 1. The number of ether oxygens (including phenoxy) is 1. The van der Waals surface area contributed by atoms with E-state index in [0.29, 0.717) is 17.3 Å². The standard InChI is InChI=1S/C19H15F2NO3/c1-10-17(15-5-3-4-6-16(15)22-10)18(23)11(2)25-19(24)12-7-13(20)9-14(21)8-12/h3-9,11,22H,1-2H3/t11-/m1/s1. The Morgan fingerprint density at radius 1 is 1.08 bits per heavy atom. The van der Waals surface area contributed by atoms with E-state index in [-0.39, 0.29) is 11.3 Å². The first-order valence-electron chi connectivity index (χ1n) is 7.65. The van der Waals surface area contributed by atoms with E-state index in [1.165, 1.54) is 6.92 Å². The van der Waals surface area contributed by atoms with Crippen molar-refractivity contribution in [2.24, 2.45) is 0 Å². The number of aryl methyl sites for hydroxylation is 1. The minimum Gasteiger partial charge on any atom is -0.451 e. The maximum atomic E-state index is 13.2. The van der Waals surface area contributed by atoms with Crippen molar-refractivity contribution in [2.75, 3.05) is 0 Å². The largest absolute Gasteiger partial charge is 0.451 e. The number of ketones is 1. The van der Waals surface area contributed by atoms with Crippen LogP contribution in [0, 0.1) is 18.6 Å². The van der Waals surface area contributed by atoms with E-state index in [1.807, 2.05) is 12.1 Å². The van der Waals surface area contributed by atoms with E-state index in [4.69, 9.17) is 4.74 Å². The summed E-state index contributed by atoms with van der Waals surface area (Å²) in [5, 5.41) is 0.727. The third-order valence-corrected chi connectivity index (χ3v) is 3.89. The van der Waals surface area contributed by atoms with Crippen LogP contribution < -0.4 is 0 Å². The van der Waals surface area contributed by atoms with Crippen molar-refractivity contribution in [3.8, 4) is 0 Å². The summed E-state index contributed by atoms with van der Waals surface area (Å²) in [6.45, 7) is 3.18. The minimum absolute atomic E-state index is 0.284. The van der Waals surface area contributed by atoms with E-state index in [1.54, 1.807) is 19.1 Å². The van der Waals surface area contributed by atoms with Gasteiger partial charge in [0.2, 0.25) is 5.78 Å². The Balaban J connectivity index is 1.85. The summed E-state index contributed by atoms with van der Waals surface area (Å²) in [6, 6.07) is 9.65. The number of halogens is 2. The van der Waals surface area contributed by atoms with Crippen LogP contribution in [0.3, 0.4) is 0 Å². The number of hydrogen-bond acceptors (Lipinski definition) is 3. The fraction of sp³-hybridized carbons (Fsp3) is 0.158. The molecule has 0 bridgehead atoms. The number of rotatable bonds is 4. The molecule has 0 aliphatic carbocycles. The first-order valence-corrected chi connectivity index (χ1v) is 7.65. The second-order valence-corrected chi connectivity index (χ2v) is 5.74. The van der Waals surface area contributed by atoms with E-state index >= 15 is 0 Å². The summed E-state index contributed by atoms with van der Waals surface area (Å²) in [5.41, 5.74) is 1.61. The molecule has 0 unspecified atom stereocenters. The molecule has 0 spiro atoms. The molecule has 0 amide bonds. The Bertz CT molecular complexity index is 958. The Labute approximate surface area is 142 Å². The molecule has 0 aliphatic rings. The van der Waals surface area contributed by atoms with Crippen molar-refractivity contribution in [2.45, 2.75) is 20.0 Å². The lowest BCUT2D eigenvalue weighted by Crippen LogP contribution is -2.25. The number of esters is 1. The summed E-state index contributed by atoms with van der Waals surface area (Å²) in [7, 11) is 0. The van der Waals surface area contributed by atoms with Crippen molar-refractivity contribution in [1.29, 1.82) is 0 Å². The third-order valence-electron chi connectivity index (χ3n) is 3.89. The highest BCUT2D eigenvalue weighted by molar-refractivity contribution is 6.11. The van der Waals surface area contributed by atoms with Crippen LogP contribution in [-0.4, -0.2) is 22.8 Å². The molecule has 0 fully saturated rings. The van der Waals surface area contributed by atoms with Crippen LogP contribution >= 0.6 is 0 Å². The molecule has 1 aromatic heterocycles. The van der Waals surface area contributed by atoms with Crippen LogP contribution in [0.4, 0.5) is 8.78 Å². The van der Waals surface area contributed by atoms with Gasteiger partial charge in [-0.3, -0.25) is 4.79 Å². The first kappa shape index (κ1) is 16.8. The van der Waals surface area contributed by atoms with Crippen LogP contribution in [0.1, 0.15) is 33.3 Å². The quantitative estimate of drug-likeness (QED) is 0.571. The average molecular weight is 343 g/mol. The predicted octanol–water partition coefficient (Wildman–Crippen LogP) is 4.18. The van der Waals surface area contributed by atoms with E-state index in [0.717, 1.165) is 23.0 Å². The van der Waals surface area contributed by atoms with Gasteiger partial charge >= 0.3 is 5.97 Å².